The van der Waals surface area contributed by atoms with Gasteiger partial charge in [-0.15, -0.1) is 0 Å². The van der Waals surface area contributed by atoms with Crippen LogP contribution in [0.1, 0.15) is 13.3 Å². The summed E-state index contributed by atoms with van der Waals surface area (Å²) < 4.78 is 12.8. The van der Waals surface area contributed by atoms with Gasteiger partial charge < -0.3 is 10.4 Å². The highest BCUT2D eigenvalue weighted by Gasteiger charge is 2.02. The lowest BCUT2D eigenvalue weighted by Gasteiger charge is -2.10. The molecule has 0 amide bonds. The highest BCUT2D eigenvalue weighted by Crippen LogP contribution is 2.17. The van der Waals surface area contributed by atoms with Crippen LogP contribution in [0.2, 0.25) is 5.02 Å². The van der Waals surface area contributed by atoms with Crippen molar-refractivity contribution in [3.63, 3.8) is 0 Å². The van der Waals surface area contributed by atoms with E-state index in [1.807, 2.05) is 6.92 Å². The molecule has 2 nitrogen and oxygen atoms in total. The molecule has 0 aliphatic carbocycles. The van der Waals surface area contributed by atoms with Crippen molar-refractivity contribution < 1.29 is 9.50 Å². The van der Waals surface area contributed by atoms with E-state index in [0.29, 0.717) is 23.7 Å². The number of aliphatic hydroxyl groups is 1. The van der Waals surface area contributed by atoms with Gasteiger partial charge in [-0.05, 0) is 24.6 Å². The normalized spacial score (nSPS) is 12.6. The summed E-state index contributed by atoms with van der Waals surface area (Å²) in [6.45, 7) is 2.28. The maximum Gasteiger partial charge on any atom is 0.126 e. The Bertz CT molecular complexity index is 286. The van der Waals surface area contributed by atoms with Crippen LogP contribution in [0.15, 0.2) is 18.2 Å². The largest absolute Gasteiger partial charge is 0.391 e. The van der Waals surface area contributed by atoms with E-state index >= 15 is 0 Å². The van der Waals surface area contributed by atoms with Crippen molar-refractivity contribution in [1.29, 1.82) is 0 Å². The number of halogens is 2. The summed E-state index contributed by atoms with van der Waals surface area (Å²) in [5.74, 6) is -0.383. The average molecular weight is 218 g/mol. The quantitative estimate of drug-likeness (QED) is 0.813. The monoisotopic (exact) mass is 217 g/mol. The predicted molar refractivity (Wildman–Crippen MR) is 56.2 cm³/mol. The Morgan fingerprint density at radius 1 is 1.50 bits per heavy atom. The van der Waals surface area contributed by atoms with E-state index in [1.165, 1.54) is 12.1 Å². The van der Waals surface area contributed by atoms with E-state index in [9.17, 15) is 9.50 Å². The third-order valence-electron chi connectivity index (χ3n) is 1.88. The fraction of sp³-hybridized carbons (Fsp3) is 0.400. The molecular formula is C10H13ClFNO. The first kappa shape index (κ1) is 11.3. The van der Waals surface area contributed by atoms with Crippen molar-refractivity contribution in [2.75, 3.05) is 11.9 Å². The first-order valence-corrected chi connectivity index (χ1v) is 4.87. The molecule has 78 valence electrons. The second kappa shape index (κ2) is 5.17. The summed E-state index contributed by atoms with van der Waals surface area (Å²) in [5.41, 5.74) is 0.586. The minimum atomic E-state index is -0.419. The fourth-order valence-corrected chi connectivity index (χ4v) is 1.26. The van der Waals surface area contributed by atoms with Gasteiger partial charge in [-0.1, -0.05) is 18.5 Å². The Kier molecular flexibility index (Phi) is 4.17. The zero-order valence-electron chi connectivity index (χ0n) is 7.93. The van der Waals surface area contributed by atoms with Gasteiger partial charge in [-0.3, -0.25) is 0 Å². The fourth-order valence-electron chi connectivity index (χ4n) is 1.04. The van der Waals surface area contributed by atoms with Crippen LogP contribution in [0, 0.1) is 5.82 Å². The van der Waals surface area contributed by atoms with E-state index < -0.39 is 6.10 Å². The van der Waals surface area contributed by atoms with E-state index in [1.54, 1.807) is 6.07 Å². The van der Waals surface area contributed by atoms with Crippen molar-refractivity contribution >= 4 is 17.3 Å². The molecule has 1 rings (SSSR count). The number of rotatable bonds is 4. The third kappa shape index (κ3) is 3.52. The lowest BCUT2D eigenvalue weighted by Crippen LogP contribution is -2.18. The standard InChI is InChI=1S/C10H13ClFNO/c1-2-10(14)6-13-9-4-7(11)3-8(12)5-9/h3-5,10,13-14H,2,6H2,1H3. The molecule has 1 atom stereocenters. The van der Waals surface area contributed by atoms with Crippen molar-refractivity contribution in [3.8, 4) is 0 Å². The molecule has 0 saturated carbocycles. The van der Waals surface area contributed by atoms with Crippen LogP contribution in [0.4, 0.5) is 10.1 Å². The summed E-state index contributed by atoms with van der Waals surface area (Å²) in [5, 5.41) is 12.5. The second-order valence-electron chi connectivity index (χ2n) is 3.10. The molecule has 1 aromatic rings. The molecule has 0 saturated heterocycles. The Labute approximate surface area is 87.7 Å². The summed E-state index contributed by atoms with van der Waals surface area (Å²) in [6, 6.07) is 4.20. The van der Waals surface area contributed by atoms with Crippen molar-refractivity contribution in [2.45, 2.75) is 19.4 Å². The van der Waals surface area contributed by atoms with Gasteiger partial charge in [0.1, 0.15) is 5.82 Å². The number of nitrogens with one attached hydrogen (secondary N) is 1. The summed E-state index contributed by atoms with van der Waals surface area (Å²) in [7, 11) is 0. The topological polar surface area (TPSA) is 32.3 Å². The molecular weight excluding hydrogens is 205 g/mol. The minimum absolute atomic E-state index is 0.346. The highest BCUT2D eigenvalue weighted by atomic mass is 35.5. The minimum Gasteiger partial charge on any atom is -0.391 e. The summed E-state index contributed by atoms with van der Waals surface area (Å²) >= 11 is 5.66. The van der Waals surface area contributed by atoms with Gasteiger partial charge in [0.05, 0.1) is 6.10 Å². The molecule has 1 aromatic carbocycles. The molecule has 0 heterocycles. The SMILES string of the molecule is CCC(O)CNc1cc(F)cc(Cl)c1. The molecule has 0 aliphatic heterocycles. The molecule has 0 bridgehead atoms. The van der Waals surface area contributed by atoms with Gasteiger partial charge in [0.25, 0.3) is 0 Å². The Morgan fingerprint density at radius 3 is 2.79 bits per heavy atom. The molecule has 1 unspecified atom stereocenters. The number of hydrogen-bond acceptors (Lipinski definition) is 2. The molecule has 0 spiro atoms. The Balaban J connectivity index is 2.58. The van der Waals surface area contributed by atoms with Crippen LogP contribution in [-0.4, -0.2) is 17.8 Å². The van der Waals surface area contributed by atoms with Crippen molar-refractivity contribution in [3.05, 3.63) is 29.0 Å². The molecule has 0 aromatic heterocycles. The van der Waals surface area contributed by atoms with Gasteiger partial charge in [0.15, 0.2) is 0 Å². The highest BCUT2D eigenvalue weighted by molar-refractivity contribution is 6.30. The maximum atomic E-state index is 12.8. The van der Waals surface area contributed by atoms with Crippen molar-refractivity contribution in [1.82, 2.24) is 0 Å². The molecule has 0 fully saturated rings. The lowest BCUT2D eigenvalue weighted by atomic mass is 10.2. The van der Waals surface area contributed by atoms with Crippen LogP contribution in [-0.2, 0) is 0 Å². The van der Waals surface area contributed by atoms with Gasteiger partial charge in [-0.2, -0.15) is 0 Å². The van der Waals surface area contributed by atoms with Crippen molar-refractivity contribution in [2.24, 2.45) is 0 Å². The third-order valence-corrected chi connectivity index (χ3v) is 2.09. The van der Waals surface area contributed by atoms with Gasteiger partial charge in [0.2, 0.25) is 0 Å². The molecule has 2 N–H and O–H groups in total. The lowest BCUT2D eigenvalue weighted by molar-refractivity contribution is 0.183. The maximum absolute atomic E-state index is 12.8. The molecule has 4 heteroatoms. The molecule has 0 aliphatic rings. The van der Waals surface area contributed by atoms with Gasteiger partial charge in [0, 0.05) is 17.3 Å². The molecule has 0 radical (unpaired) electrons. The van der Waals surface area contributed by atoms with E-state index in [4.69, 9.17) is 11.6 Å². The zero-order valence-corrected chi connectivity index (χ0v) is 8.68. The Morgan fingerprint density at radius 2 is 2.21 bits per heavy atom. The average Bonchev–Trinajstić information content (AvgIpc) is 2.12. The first-order valence-electron chi connectivity index (χ1n) is 4.50. The van der Waals surface area contributed by atoms with Crippen LogP contribution in [0.3, 0.4) is 0 Å². The molecule has 14 heavy (non-hydrogen) atoms. The first-order chi connectivity index (χ1) is 6.61. The van der Waals surface area contributed by atoms with E-state index in [0.717, 1.165) is 0 Å². The number of anilines is 1. The number of aliphatic hydroxyl groups excluding tert-OH is 1. The van der Waals surface area contributed by atoms with Crippen LogP contribution < -0.4 is 5.32 Å². The van der Waals surface area contributed by atoms with E-state index in [2.05, 4.69) is 5.32 Å². The van der Waals surface area contributed by atoms with Crippen LogP contribution in [0.5, 0.6) is 0 Å². The van der Waals surface area contributed by atoms with E-state index in [-0.39, 0.29) is 5.82 Å². The number of hydrogen-bond donors (Lipinski definition) is 2. The summed E-state index contributed by atoms with van der Waals surface area (Å²) in [6.07, 6.45) is 0.243. The smallest absolute Gasteiger partial charge is 0.126 e. The second-order valence-corrected chi connectivity index (χ2v) is 3.54. The van der Waals surface area contributed by atoms with Gasteiger partial charge in [-0.25, -0.2) is 4.39 Å². The zero-order chi connectivity index (χ0) is 10.6. The number of benzene rings is 1. The predicted octanol–water partition coefficient (Wildman–Crippen LogP) is 2.66. The van der Waals surface area contributed by atoms with Gasteiger partial charge >= 0.3 is 0 Å². The Hall–Kier alpha value is -0.800. The summed E-state index contributed by atoms with van der Waals surface area (Å²) in [4.78, 5) is 0. The van der Waals surface area contributed by atoms with Crippen LogP contribution in [0.25, 0.3) is 0 Å². The van der Waals surface area contributed by atoms with Crippen LogP contribution >= 0.6 is 11.6 Å².